The number of amidine groups is 1. The van der Waals surface area contributed by atoms with Crippen molar-refractivity contribution in [2.45, 2.75) is 38.6 Å². The van der Waals surface area contributed by atoms with Crippen LogP contribution in [-0.2, 0) is 0 Å². The van der Waals surface area contributed by atoms with Crippen molar-refractivity contribution >= 4 is 5.84 Å². The summed E-state index contributed by atoms with van der Waals surface area (Å²) in [5, 5.41) is 8.20. The molecule has 1 aliphatic heterocycles. The Hall–Kier alpha value is -0.570. The normalized spacial score (nSPS) is 28.9. The van der Waals surface area contributed by atoms with Gasteiger partial charge in [-0.05, 0) is 39.3 Å². The van der Waals surface area contributed by atoms with Crippen LogP contribution in [0.1, 0.15) is 32.6 Å². The minimum Gasteiger partial charge on any atom is -0.356 e. The van der Waals surface area contributed by atoms with Crippen molar-refractivity contribution < 1.29 is 0 Å². The Morgan fingerprint density at radius 3 is 2.67 bits per heavy atom. The molecule has 15 heavy (non-hydrogen) atoms. The van der Waals surface area contributed by atoms with E-state index in [0.29, 0.717) is 12.0 Å². The molecule has 1 N–H and O–H groups in total. The first-order valence-corrected chi connectivity index (χ1v) is 6.26. The van der Waals surface area contributed by atoms with E-state index < -0.39 is 0 Å². The van der Waals surface area contributed by atoms with Crippen molar-refractivity contribution in [3.8, 4) is 0 Å². The van der Waals surface area contributed by atoms with Crippen molar-refractivity contribution in [1.29, 1.82) is 5.41 Å². The molecule has 1 heterocycles. The van der Waals surface area contributed by atoms with Gasteiger partial charge in [-0.15, -0.1) is 0 Å². The van der Waals surface area contributed by atoms with Crippen molar-refractivity contribution in [3.05, 3.63) is 0 Å². The zero-order valence-corrected chi connectivity index (χ0v) is 10.00. The number of rotatable bonds is 2. The van der Waals surface area contributed by atoms with Crippen LogP contribution in [0.15, 0.2) is 0 Å². The lowest BCUT2D eigenvalue weighted by atomic mass is 10.1. The number of likely N-dealkylation sites (N-methyl/N-ethyl adjacent to an activating group) is 1. The van der Waals surface area contributed by atoms with E-state index in [1.807, 2.05) is 0 Å². The summed E-state index contributed by atoms with van der Waals surface area (Å²) in [6.45, 7) is 5.66. The maximum Gasteiger partial charge on any atom is 0.0992 e. The highest BCUT2D eigenvalue weighted by molar-refractivity contribution is 5.84. The molecule has 0 radical (unpaired) electrons. The van der Waals surface area contributed by atoms with Gasteiger partial charge >= 0.3 is 0 Å². The minimum absolute atomic E-state index is 0.575. The van der Waals surface area contributed by atoms with Crippen molar-refractivity contribution in [3.63, 3.8) is 0 Å². The van der Waals surface area contributed by atoms with Crippen LogP contribution in [0.2, 0.25) is 0 Å². The highest BCUT2D eigenvalue weighted by atomic mass is 15.3. The van der Waals surface area contributed by atoms with E-state index in [0.717, 1.165) is 18.9 Å². The summed E-state index contributed by atoms with van der Waals surface area (Å²) in [6.07, 6.45) is 4.88. The third-order valence-electron chi connectivity index (χ3n) is 3.65. The Kier molecular flexibility index (Phi) is 3.29. The highest BCUT2D eigenvalue weighted by Gasteiger charge is 2.33. The molecule has 0 spiro atoms. The molecule has 3 heteroatoms. The lowest BCUT2D eigenvalue weighted by molar-refractivity contribution is 0.259. The van der Waals surface area contributed by atoms with Crippen LogP contribution in [0.4, 0.5) is 0 Å². The average Bonchev–Trinajstić information content (AvgIpc) is 3.02. The molecule has 0 amide bonds. The van der Waals surface area contributed by atoms with Crippen molar-refractivity contribution in [1.82, 2.24) is 9.80 Å². The first kappa shape index (κ1) is 10.9. The summed E-state index contributed by atoms with van der Waals surface area (Å²) in [7, 11) is 2.20. The van der Waals surface area contributed by atoms with Crippen LogP contribution in [0, 0.1) is 11.3 Å². The number of nitrogens with zero attached hydrogens (tertiary/aromatic N) is 2. The molecule has 1 unspecified atom stereocenters. The van der Waals surface area contributed by atoms with Gasteiger partial charge in [0, 0.05) is 25.0 Å². The molecule has 2 aliphatic rings. The molecule has 3 nitrogen and oxygen atoms in total. The number of nitrogens with one attached hydrogen (secondary N) is 1. The summed E-state index contributed by atoms with van der Waals surface area (Å²) in [4.78, 5) is 4.79. The number of hydrogen-bond acceptors (Lipinski definition) is 2. The van der Waals surface area contributed by atoms with E-state index in [1.165, 1.54) is 32.2 Å². The summed E-state index contributed by atoms with van der Waals surface area (Å²) >= 11 is 0. The van der Waals surface area contributed by atoms with Gasteiger partial charge in [-0.3, -0.25) is 5.41 Å². The van der Waals surface area contributed by atoms with Gasteiger partial charge < -0.3 is 9.80 Å². The Morgan fingerprint density at radius 1 is 1.33 bits per heavy atom. The monoisotopic (exact) mass is 209 g/mol. The fraction of sp³-hybridized carbons (Fsp3) is 0.917. The maximum atomic E-state index is 8.20. The van der Waals surface area contributed by atoms with Crippen LogP contribution >= 0.6 is 0 Å². The van der Waals surface area contributed by atoms with Gasteiger partial charge in [0.05, 0.1) is 5.84 Å². The standard InChI is InChI=1S/C12H23N3/c1-3-11-9-14(2)7-4-8-15(11)12(13)10-5-6-10/h10-11,13H,3-9H2,1-2H3. The molecule has 0 aromatic heterocycles. The topological polar surface area (TPSA) is 30.3 Å². The van der Waals surface area contributed by atoms with Gasteiger partial charge in [-0.2, -0.15) is 0 Å². The molecule has 2 fully saturated rings. The van der Waals surface area contributed by atoms with E-state index in [2.05, 4.69) is 23.8 Å². The smallest absolute Gasteiger partial charge is 0.0992 e. The lowest BCUT2D eigenvalue weighted by Crippen LogP contribution is -2.43. The van der Waals surface area contributed by atoms with E-state index >= 15 is 0 Å². The van der Waals surface area contributed by atoms with Crippen LogP contribution in [0.25, 0.3) is 0 Å². The first-order valence-electron chi connectivity index (χ1n) is 6.26. The van der Waals surface area contributed by atoms with E-state index in [-0.39, 0.29) is 0 Å². The first-order chi connectivity index (χ1) is 7.22. The second kappa shape index (κ2) is 4.52. The van der Waals surface area contributed by atoms with Gasteiger partial charge in [0.1, 0.15) is 0 Å². The molecule has 1 atom stereocenters. The molecule has 1 aliphatic carbocycles. The van der Waals surface area contributed by atoms with Crippen molar-refractivity contribution in [2.75, 3.05) is 26.7 Å². The Labute approximate surface area is 92.9 Å². The maximum absolute atomic E-state index is 8.20. The Balaban J connectivity index is 2.02. The van der Waals surface area contributed by atoms with Crippen LogP contribution in [-0.4, -0.2) is 48.4 Å². The molecular formula is C12H23N3. The number of hydrogen-bond donors (Lipinski definition) is 1. The van der Waals surface area contributed by atoms with E-state index in [9.17, 15) is 0 Å². The van der Waals surface area contributed by atoms with Gasteiger partial charge in [0.2, 0.25) is 0 Å². The quantitative estimate of drug-likeness (QED) is 0.555. The molecule has 86 valence electrons. The molecular weight excluding hydrogens is 186 g/mol. The Bertz CT molecular complexity index is 235. The van der Waals surface area contributed by atoms with Crippen LogP contribution < -0.4 is 0 Å². The van der Waals surface area contributed by atoms with Crippen molar-refractivity contribution in [2.24, 2.45) is 5.92 Å². The van der Waals surface area contributed by atoms with Crippen LogP contribution in [0.5, 0.6) is 0 Å². The Morgan fingerprint density at radius 2 is 2.07 bits per heavy atom. The fourth-order valence-electron chi connectivity index (χ4n) is 2.50. The van der Waals surface area contributed by atoms with E-state index in [1.54, 1.807) is 0 Å². The lowest BCUT2D eigenvalue weighted by Gasteiger charge is -2.32. The second-order valence-electron chi connectivity index (χ2n) is 5.03. The minimum atomic E-state index is 0.575. The third-order valence-corrected chi connectivity index (χ3v) is 3.65. The molecule has 2 rings (SSSR count). The van der Waals surface area contributed by atoms with Gasteiger partial charge in [-0.25, -0.2) is 0 Å². The molecule has 0 aromatic carbocycles. The van der Waals surface area contributed by atoms with Crippen LogP contribution in [0.3, 0.4) is 0 Å². The SMILES string of the molecule is CCC1CN(C)CCCN1C(=N)C1CC1. The molecule has 0 bridgehead atoms. The molecule has 1 saturated heterocycles. The zero-order chi connectivity index (χ0) is 10.8. The van der Waals surface area contributed by atoms with Gasteiger partial charge in [0.25, 0.3) is 0 Å². The average molecular weight is 209 g/mol. The van der Waals surface area contributed by atoms with Gasteiger partial charge in [0.15, 0.2) is 0 Å². The van der Waals surface area contributed by atoms with E-state index in [4.69, 9.17) is 5.41 Å². The summed E-state index contributed by atoms with van der Waals surface area (Å²) in [5.74, 6) is 1.53. The highest BCUT2D eigenvalue weighted by Crippen LogP contribution is 2.32. The fourth-order valence-corrected chi connectivity index (χ4v) is 2.50. The summed E-state index contributed by atoms with van der Waals surface area (Å²) in [6, 6.07) is 0.575. The molecule has 1 saturated carbocycles. The second-order valence-corrected chi connectivity index (χ2v) is 5.03. The third kappa shape index (κ3) is 2.51. The zero-order valence-electron chi connectivity index (χ0n) is 10.00. The largest absolute Gasteiger partial charge is 0.356 e. The van der Waals surface area contributed by atoms with Gasteiger partial charge in [-0.1, -0.05) is 6.92 Å². The predicted octanol–water partition coefficient (Wildman–Crippen LogP) is 1.79. The summed E-state index contributed by atoms with van der Waals surface area (Å²) in [5.41, 5.74) is 0. The summed E-state index contributed by atoms with van der Waals surface area (Å²) < 4.78 is 0. The molecule has 0 aromatic rings. The predicted molar refractivity (Wildman–Crippen MR) is 63.3 cm³/mol.